The molecule has 0 aliphatic rings. The number of ether oxygens (including phenoxy) is 1. The fourth-order valence-corrected chi connectivity index (χ4v) is 2.98. The van der Waals surface area contributed by atoms with Gasteiger partial charge in [0.25, 0.3) is 0 Å². The fraction of sp³-hybridized carbons (Fsp3) is 0.143. The van der Waals surface area contributed by atoms with Crippen molar-refractivity contribution in [2.24, 2.45) is 5.11 Å². The van der Waals surface area contributed by atoms with Crippen molar-refractivity contribution < 1.29 is 9.53 Å². The molecule has 0 unspecified atom stereocenters. The van der Waals surface area contributed by atoms with Crippen LogP contribution in [0.2, 0.25) is 5.02 Å². The third-order valence-electron chi connectivity index (χ3n) is 2.73. The number of thiophene rings is 1. The molecule has 0 amide bonds. The minimum atomic E-state index is -0.562. The highest BCUT2D eigenvalue weighted by Crippen LogP contribution is 2.42. The Morgan fingerprint density at radius 3 is 2.73 bits per heavy atom. The number of carbonyl (C=O) groups is 1. The highest BCUT2D eigenvalue weighted by Gasteiger charge is 2.24. The van der Waals surface area contributed by atoms with E-state index in [-0.39, 0.29) is 22.0 Å². The quantitative estimate of drug-likeness (QED) is 0.338. The molecule has 8 heteroatoms. The van der Waals surface area contributed by atoms with Crippen molar-refractivity contribution in [3.63, 3.8) is 0 Å². The maximum atomic E-state index is 12.1. The summed E-state index contributed by atoms with van der Waals surface area (Å²) in [5.74, 6) is -0.562. The van der Waals surface area contributed by atoms with E-state index in [9.17, 15) is 10.1 Å². The monoisotopic (exact) mass is 332 g/mol. The van der Waals surface area contributed by atoms with E-state index in [1.807, 2.05) is 6.07 Å². The summed E-state index contributed by atoms with van der Waals surface area (Å²) < 4.78 is 5.01. The summed E-state index contributed by atoms with van der Waals surface area (Å²) >= 11 is 6.79. The third kappa shape index (κ3) is 3.05. The molecule has 22 heavy (non-hydrogen) atoms. The zero-order valence-corrected chi connectivity index (χ0v) is 13.0. The number of carbonyl (C=O) groups excluding carboxylic acids is 1. The zero-order chi connectivity index (χ0) is 16.1. The van der Waals surface area contributed by atoms with E-state index in [1.165, 1.54) is 0 Å². The maximum absolute atomic E-state index is 12.1. The van der Waals surface area contributed by atoms with Gasteiger partial charge in [-0.25, -0.2) is 4.79 Å². The SMILES string of the molecule is CCOC(=O)c1sc(N=[N+]=[N-])c(C#N)c1-c1ccc(Cl)cc1. The molecular formula is C14H9ClN4O2S. The van der Waals surface area contributed by atoms with Gasteiger partial charge in [0.05, 0.1) is 12.2 Å². The first-order valence-corrected chi connectivity index (χ1v) is 7.36. The number of benzene rings is 1. The Labute approximate surface area is 135 Å². The smallest absolute Gasteiger partial charge is 0.348 e. The van der Waals surface area contributed by atoms with E-state index >= 15 is 0 Å². The van der Waals surface area contributed by atoms with Gasteiger partial charge in [-0.05, 0) is 35.3 Å². The molecule has 6 nitrogen and oxygen atoms in total. The van der Waals surface area contributed by atoms with Gasteiger partial charge >= 0.3 is 5.97 Å². The summed E-state index contributed by atoms with van der Waals surface area (Å²) in [5.41, 5.74) is 9.78. The second-order valence-electron chi connectivity index (χ2n) is 4.01. The van der Waals surface area contributed by atoms with Crippen molar-refractivity contribution in [1.29, 1.82) is 5.26 Å². The number of azide groups is 1. The van der Waals surface area contributed by atoms with Crippen LogP contribution >= 0.6 is 22.9 Å². The van der Waals surface area contributed by atoms with Crippen molar-refractivity contribution in [2.45, 2.75) is 6.92 Å². The van der Waals surface area contributed by atoms with Gasteiger partial charge in [-0.3, -0.25) is 0 Å². The Hall–Kier alpha value is -2.52. The minimum absolute atomic E-state index is 0.137. The molecule has 0 spiro atoms. The molecule has 1 aromatic carbocycles. The number of esters is 1. The van der Waals surface area contributed by atoms with Crippen molar-refractivity contribution in [3.05, 3.63) is 50.2 Å². The highest BCUT2D eigenvalue weighted by atomic mass is 35.5. The van der Waals surface area contributed by atoms with Crippen molar-refractivity contribution in [1.82, 2.24) is 0 Å². The molecule has 2 aromatic rings. The summed E-state index contributed by atoms with van der Waals surface area (Å²) in [7, 11) is 0. The molecule has 1 heterocycles. The molecule has 0 saturated carbocycles. The molecule has 0 radical (unpaired) electrons. The Kier molecular flexibility index (Phi) is 5.02. The van der Waals surface area contributed by atoms with Gasteiger partial charge in [-0.15, -0.1) is 11.3 Å². The molecule has 0 aliphatic heterocycles. The van der Waals surface area contributed by atoms with Crippen LogP contribution in [0.25, 0.3) is 21.6 Å². The molecule has 0 atom stereocenters. The van der Waals surface area contributed by atoms with Crippen LogP contribution in [0.4, 0.5) is 5.00 Å². The minimum Gasteiger partial charge on any atom is -0.462 e. The Balaban J connectivity index is 2.72. The number of hydrogen-bond acceptors (Lipinski definition) is 5. The molecule has 2 rings (SSSR count). The molecule has 0 fully saturated rings. The standard InChI is InChI=1S/C14H9ClN4O2S/c1-2-21-14(20)12-11(8-3-5-9(15)6-4-8)10(7-16)13(22-12)18-19-17/h3-6H,2H2,1H3. The Bertz CT molecular complexity index is 801. The largest absolute Gasteiger partial charge is 0.462 e. The van der Waals surface area contributed by atoms with Crippen molar-refractivity contribution in [3.8, 4) is 17.2 Å². The van der Waals surface area contributed by atoms with Crippen molar-refractivity contribution >= 4 is 33.9 Å². The lowest BCUT2D eigenvalue weighted by Crippen LogP contribution is -2.04. The number of rotatable bonds is 4. The lowest BCUT2D eigenvalue weighted by Gasteiger charge is -2.05. The van der Waals surface area contributed by atoms with E-state index in [2.05, 4.69) is 10.0 Å². The third-order valence-corrected chi connectivity index (χ3v) is 4.04. The van der Waals surface area contributed by atoms with E-state index in [0.717, 1.165) is 11.3 Å². The Morgan fingerprint density at radius 2 is 2.18 bits per heavy atom. The molecule has 0 bridgehead atoms. The first kappa shape index (κ1) is 15.9. The molecule has 0 aliphatic carbocycles. The summed E-state index contributed by atoms with van der Waals surface area (Å²) in [5, 5.41) is 13.5. The van der Waals surface area contributed by atoms with Gasteiger partial charge in [0.15, 0.2) is 0 Å². The average molecular weight is 333 g/mol. The molecular weight excluding hydrogens is 324 g/mol. The predicted octanol–water partition coefficient (Wildman–Crippen LogP) is 5.06. The molecule has 1 aromatic heterocycles. The van der Waals surface area contributed by atoms with Gasteiger partial charge in [-0.2, -0.15) is 5.26 Å². The average Bonchev–Trinajstić information content (AvgIpc) is 2.87. The normalized spacial score (nSPS) is 9.68. The van der Waals surface area contributed by atoms with Gasteiger partial charge in [0.2, 0.25) is 0 Å². The summed E-state index contributed by atoms with van der Waals surface area (Å²) in [6.07, 6.45) is 0. The van der Waals surface area contributed by atoms with Crippen LogP contribution < -0.4 is 0 Å². The van der Waals surface area contributed by atoms with Crippen molar-refractivity contribution in [2.75, 3.05) is 6.61 Å². The topological polar surface area (TPSA) is 98.8 Å². The van der Waals surface area contributed by atoms with Crippen LogP contribution in [-0.2, 0) is 4.74 Å². The Morgan fingerprint density at radius 1 is 1.50 bits per heavy atom. The number of nitriles is 1. The van der Waals surface area contributed by atoms with Gasteiger partial charge in [0.1, 0.15) is 15.9 Å². The number of hydrogen-bond donors (Lipinski definition) is 0. The number of halogens is 1. The first-order valence-electron chi connectivity index (χ1n) is 6.17. The lowest BCUT2D eigenvalue weighted by molar-refractivity contribution is 0.0533. The van der Waals surface area contributed by atoms with Crippen LogP contribution in [-0.4, -0.2) is 12.6 Å². The van der Waals surface area contributed by atoms with Gasteiger partial charge in [-0.1, -0.05) is 23.7 Å². The second-order valence-corrected chi connectivity index (χ2v) is 5.45. The number of nitrogens with zero attached hydrogens (tertiary/aromatic N) is 4. The maximum Gasteiger partial charge on any atom is 0.348 e. The molecule has 0 N–H and O–H groups in total. The van der Waals surface area contributed by atoms with E-state index in [4.69, 9.17) is 21.9 Å². The first-order chi connectivity index (χ1) is 10.6. The molecule has 0 saturated heterocycles. The van der Waals surface area contributed by atoms with Crippen LogP contribution in [0.5, 0.6) is 0 Å². The van der Waals surface area contributed by atoms with Crippen LogP contribution in [0.1, 0.15) is 22.2 Å². The lowest BCUT2D eigenvalue weighted by atomic mass is 10.0. The highest BCUT2D eigenvalue weighted by molar-refractivity contribution is 7.18. The second kappa shape index (κ2) is 6.96. The predicted molar refractivity (Wildman–Crippen MR) is 84.2 cm³/mol. The van der Waals surface area contributed by atoms with Gasteiger partial charge < -0.3 is 4.74 Å². The van der Waals surface area contributed by atoms with E-state index in [1.54, 1.807) is 31.2 Å². The molecule has 110 valence electrons. The summed E-state index contributed by atoms with van der Waals surface area (Å²) in [6, 6.07) is 8.66. The van der Waals surface area contributed by atoms with Gasteiger partial charge in [0, 0.05) is 15.5 Å². The van der Waals surface area contributed by atoms with Crippen LogP contribution in [0.3, 0.4) is 0 Å². The van der Waals surface area contributed by atoms with E-state index in [0.29, 0.717) is 16.1 Å². The van der Waals surface area contributed by atoms with Crippen LogP contribution in [0.15, 0.2) is 29.4 Å². The zero-order valence-electron chi connectivity index (χ0n) is 11.4. The fourth-order valence-electron chi connectivity index (χ4n) is 1.87. The summed E-state index contributed by atoms with van der Waals surface area (Å²) in [4.78, 5) is 15.0. The van der Waals surface area contributed by atoms with Crippen LogP contribution in [0, 0.1) is 11.3 Å². The van der Waals surface area contributed by atoms with E-state index < -0.39 is 5.97 Å². The summed E-state index contributed by atoms with van der Waals surface area (Å²) in [6.45, 7) is 1.89.